The predicted molar refractivity (Wildman–Crippen MR) is 147 cm³/mol. The van der Waals surface area contributed by atoms with Crippen molar-refractivity contribution in [1.82, 2.24) is 9.88 Å². The maximum Gasteiger partial charge on any atom is 0.303 e. The van der Waals surface area contributed by atoms with Crippen molar-refractivity contribution in [3.63, 3.8) is 0 Å². The number of alkyl halides is 1. The zero-order chi connectivity index (χ0) is 28.2. The summed E-state index contributed by atoms with van der Waals surface area (Å²) in [6.07, 6.45) is 5.94. The van der Waals surface area contributed by atoms with Crippen LogP contribution < -0.4 is 4.74 Å². The van der Waals surface area contributed by atoms with Gasteiger partial charge in [0.25, 0.3) is 0 Å². The van der Waals surface area contributed by atoms with E-state index in [1.54, 1.807) is 0 Å². The molecule has 1 aromatic heterocycles. The number of carbonyl (C=O) groups is 1. The molecule has 0 bridgehead atoms. The minimum absolute atomic E-state index is 0.0288. The number of unbranched alkanes of at least 4 members (excludes halogenated alkanes) is 5. The number of nitrogens with one attached hydrogen (secondary N) is 1. The minimum atomic E-state index is -1.55. The number of ether oxygens (including phenoxy) is 1. The van der Waals surface area contributed by atoms with Crippen molar-refractivity contribution >= 4 is 16.9 Å². The molecule has 0 aliphatic carbocycles. The predicted octanol–water partition coefficient (Wildman–Crippen LogP) is 7.72. The van der Waals surface area contributed by atoms with Gasteiger partial charge in [0.1, 0.15) is 23.1 Å². The van der Waals surface area contributed by atoms with Crippen LogP contribution in [0.4, 0.5) is 13.2 Å². The van der Waals surface area contributed by atoms with E-state index >= 15 is 8.78 Å². The molecule has 4 rings (SSSR count). The van der Waals surface area contributed by atoms with E-state index in [2.05, 4.69) is 4.98 Å². The molecule has 0 spiro atoms. The van der Waals surface area contributed by atoms with E-state index < -0.39 is 29.3 Å². The lowest BCUT2D eigenvalue weighted by Crippen LogP contribution is -2.48. The second-order valence-electron chi connectivity index (χ2n) is 11.3. The lowest BCUT2D eigenvalue weighted by molar-refractivity contribution is -0.137. The number of para-hydroxylation sites is 1. The Labute approximate surface area is 228 Å². The largest absolute Gasteiger partial charge is 0.493 e. The number of rotatable bonds is 13. The molecule has 3 aromatic rings. The Bertz CT molecular complexity index is 1260. The molecule has 5 nitrogen and oxygen atoms in total. The highest BCUT2D eigenvalue weighted by atomic mass is 19.1. The molecule has 0 saturated heterocycles. The van der Waals surface area contributed by atoms with Gasteiger partial charge in [-0.15, -0.1) is 0 Å². The summed E-state index contributed by atoms with van der Waals surface area (Å²) in [7, 11) is 0. The summed E-state index contributed by atoms with van der Waals surface area (Å²) in [5, 5.41) is 9.70. The molecule has 0 amide bonds. The Morgan fingerprint density at radius 2 is 1.72 bits per heavy atom. The topological polar surface area (TPSA) is 65.6 Å². The van der Waals surface area contributed by atoms with E-state index in [-0.39, 0.29) is 30.3 Å². The molecule has 0 fully saturated rings. The van der Waals surface area contributed by atoms with Crippen LogP contribution in [0.2, 0.25) is 0 Å². The van der Waals surface area contributed by atoms with Crippen molar-refractivity contribution in [2.75, 3.05) is 13.2 Å². The summed E-state index contributed by atoms with van der Waals surface area (Å²) >= 11 is 0. The van der Waals surface area contributed by atoms with Crippen molar-refractivity contribution in [2.24, 2.45) is 0 Å². The smallest absolute Gasteiger partial charge is 0.303 e. The molecule has 2 atom stereocenters. The number of benzene rings is 2. The number of hydrogen-bond donors (Lipinski definition) is 2. The van der Waals surface area contributed by atoms with Crippen LogP contribution in [0.3, 0.4) is 0 Å². The Morgan fingerprint density at radius 1 is 1.08 bits per heavy atom. The summed E-state index contributed by atoms with van der Waals surface area (Å²) in [4.78, 5) is 15.8. The molecule has 0 unspecified atom stereocenters. The molecule has 1 aliphatic heterocycles. The van der Waals surface area contributed by atoms with Gasteiger partial charge in [0.2, 0.25) is 0 Å². The van der Waals surface area contributed by atoms with Crippen molar-refractivity contribution < 1.29 is 27.8 Å². The SMILES string of the molecule is C[C@@H]1Cc2c([nH]c3ccccc23)[C@@H](c2c(F)cc(OCCCCCCCCC(=O)O)cc2F)N1CC(C)(C)F. The summed E-state index contributed by atoms with van der Waals surface area (Å²) in [6.45, 7) is 5.31. The number of halogens is 3. The Balaban J connectivity index is 1.51. The third kappa shape index (κ3) is 7.15. The zero-order valence-corrected chi connectivity index (χ0v) is 23.0. The van der Waals surface area contributed by atoms with Crippen molar-refractivity contribution in [3.8, 4) is 5.75 Å². The second kappa shape index (κ2) is 12.5. The molecule has 212 valence electrons. The van der Waals surface area contributed by atoms with E-state index in [0.29, 0.717) is 25.1 Å². The van der Waals surface area contributed by atoms with E-state index in [0.717, 1.165) is 48.6 Å². The highest BCUT2D eigenvalue weighted by molar-refractivity contribution is 5.85. The normalized spacial score (nSPS) is 17.9. The van der Waals surface area contributed by atoms with E-state index in [9.17, 15) is 9.18 Å². The monoisotopic (exact) mass is 544 g/mol. The lowest BCUT2D eigenvalue weighted by atomic mass is 9.87. The van der Waals surface area contributed by atoms with Crippen molar-refractivity contribution in [1.29, 1.82) is 0 Å². The number of aromatic nitrogens is 1. The van der Waals surface area contributed by atoms with Crippen LogP contribution in [0.15, 0.2) is 36.4 Å². The molecule has 8 heteroatoms. The molecule has 2 heterocycles. The van der Waals surface area contributed by atoms with Gasteiger partial charge in [0, 0.05) is 53.3 Å². The Morgan fingerprint density at radius 3 is 2.38 bits per heavy atom. The van der Waals surface area contributed by atoms with Crippen molar-refractivity contribution in [3.05, 3.63) is 64.9 Å². The summed E-state index contributed by atoms with van der Waals surface area (Å²) in [5.41, 5.74) is 0.949. The molecule has 0 radical (unpaired) electrons. The second-order valence-corrected chi connectivity index (χ2v) is 11.3. The molecular formula is C31H39F3N2O3. The number of carboxylic acids is 1. The number of carboxylic acid groups (broad SMARTS) is 1. The summed E-state index contributed by atoms with van der Waals surface area (Å²) in [5.74, 6) is -2.07. The minimum Gasteiger partial charge on any atom is -0.493 e. The van der Waals surface area contributed by atoms with Crippen LogP contribution >= 0.6 is 0 Å². The summed E-state index contributed by atoms with van der Waals surface area (Å²) < 4.78 is 52.0. The fourth-order valence-electron chi connectivity index (χ4n) is 5.68. The first-order valence-corrected chi connectivity index (χ1v) is 13.9. The van der Waals surface area contributed by atoms with Gasteiger partial charge in [-0.3, -0.25) is 9.69 Å². The van der Waals surface area contributed by atoms with Crippen LogP contribution in [0, 0.1) is 11.6 Å². The average molecular weight is 545 g/mol. The maximum atomic E-state index is 15.7. The highest BCUT2D eigenvalue weighted by Crippen LogP contribution is 2.43. The quantitative estimate of drug-likeness (QED) is 0.216. The van der Waals surface area contributed by atoms with Gasteiger partial charge in [0.15, 0.2) is 0 Å². The van der Waals surface area contributed by atoms with Gasteiger partial charge in [-0.1, -0.05) is 43.9 Å². The third-order valence-electron chi connectivity index (χ3n) is 7.46. The fourth-order valence-corrected chi connectivity index (χ4v) is 5.68. The molecular weight excluding hydrogens is 505 g/mol. The van der Waals surface area contributed by atoms with Gasteiger partial charge in [-0.25, -0.2) is 13.2 Å². The van der Waals surface area contributed by atoms with Gasteiger partial charge < -0.3 is 14.8 Å². The Kier molecular flexibility index (Phi) is 9.26. The Hall–Kier alpha value is -3.00. The van der Waals surface area contributed by atoms with Crippen LogP contribution in [0.5, 0.6) is 5.75 Å². The number of aromatic amines is 1. The van der Waals surface area contributed by atoms with E-state index in [1.165, 1.54) is 26.0 Å². The standard InChI is InChI=1S/C31H39F3N2O3/c1-20-16-23-22-12-9-10-13-26(22)35-29(23)30(36(20)19-31(2,3)34)28-24(32)17-21(18-25(28)33)39-15-11-7-5-4-6-8-14-27(37)38/h9-10,12-13,17-18,20,30,35H,4-8,11,14-16,19H2,1-3H3,(H,37,38)/t20-,30-/m1/s1. The van der Waals surface area contributed by atoms with Gasteiger partial charge in [-0.2, -0.15) is 0 Å². The van der Waals surface area contributed by atoms with E-state index in [4.69, 9.17) is 9.84 Å². The van der Waals surface area contributed by atoms with E-state index in [1.807, 2.05) is 36.1 Å². The number of H-pyrrole nitrogens is 1. The molecule has 2 N–H and O–H groups in total. The van der Waals surface area contributed by atoms with Crippen molar-refractivity contribution in [2.45, 2.75) is 89.9 Å². The van der Waals surface area contributed by atoms with Crippen LogP contribution in [0.1, 0.15) is 88.6 Å². The van der Waals surface area contributed by atoms with Crippen LogP contribution in [-0.2, 0) is 11.2 Å². The maximum absolute atomic E-state index is 15.7. The fraction of sp³-hybridized carbons (Fsp3) is 0.516. The lowest BCUT2D eigenvalue weighted by Gasteiger charge is -2.43. The van der Waals surface area contributed by atoms with Crippen LogP contribution in [-0.4, -0.2) is 45.8 Å². The molecule has 0 saturated carbocycles. The average Bonchev–Trinajstić information content (AvgIpc) is 3.21. The first kappa shape index (κ1) is 29.0. The number of fused-ring (bicyclic) bond motifs is 3. The van der Waals surface area contributed by atoms with Gasteiger partial charge in [-0.05, 0) is 51.7 Å². The van der Waals surface area contributed by atoms with Crippen LogP contribution in [0.25, 0.3) is 10.9 Å². The van der Waals surface area contributed by atoms with Gasteiger partial charge >= 0.3 is 5.97 Å². The molecule has 2 aromatic carbocycles. The zero-order valence-electron chi connectivity index (χ0n) is 23.0. The third-order valence-corrected chi connectivity index (χ3v) is 7.46. The molecule has 39 heavy (non-hydrogen) atoms. The first-order chi connectivity index (χ1) is 18.5. The molecule has 1 aliphatic rings. The number of nitrogens with zero attached hydrogens (tertiary/aromatic N) is 1. The number of hydrogen-bond acceptors (Lipinski definition) is 3. The number of aliphatic carboxylic acids is 1. The highest BCUT2D eigenvalue weighted by Gasteiger charge is 2.41. The summed E-state index contributed by atoms with van der Waals surface area (Å²) in [6, 6.07) is 9.33. The first-order valence-electron chi connectivity index (χ1n) is 13.9. The van der Waals surface area contributed by atoms with Gasteiger partial charge in [0.05, 0.1) is 12.6 Å².